The highest BCUT2D eigenvalue weighted by molar-refractivity contribution is 8.01. The smallest absolute Gasteiger partial charge is 0.428 e. The van der Waals surface area contributed by atoms with Crippen LogP contribution in [0, 0.1) is 0 Å². The van der Waals surface area contributed by atoms with E-state index in [1.165, 1.54) is 28.4 Å². The molecule has 1 aromatic heterocycles. The number of amides is 2. The summed E-state index contributed by atoms with van der Waals surface area (Å²) in [7, 11) is 0. The number of carbonyl (C=O) groups is 3. The van der Waals surface area contributed by atoms with Crippen LogP contribution in [-0.2, 0) is 19.1 Å². The zero-order valence-corrected chi connectivity index (χ0v) is 24.9. The number of benzene rings is 2. The van der Waals surface area contributed by atoms with Crippen LogP contribution in [0.3, 0.4) is 0 Å². The Balaban J connectivity index is 1.46. The number of hydrazone groups is 1. The zero-order valence-electron chi connectivity index (χ0n) is 23.3. The molecule has 1 fully saturated rings. The van der Waals surface area contributed by atoms with Gasteiger partial charge < -0.3 is 9.47 Å². The first-order valence-corrected chi connectivity index (χ1v) is 15.0. The number of H-pyrrole nitrogens is 1. The number of tetrazole rings is 1. The monoisotopic (exact) mass is 607 g/mol. The Hall–Kier alpha value is -4.17. The summed E-state index contributed by atoms with van der Waals surface area (Å²) >= 11 is 2.71. The van der Waals surface area contributed by atoms with Crippen molar-refractivity contribution in [1.29, 1.82) is 0 Å². The van der Waals surface area contributed by atoms with E-state index >= 15 is 0 Å². The number of aromatic nitrogens is 4. The topological polar surface area (TPSA) is 152 Å². The van der Waals surface area contributed by atoms with Crippen LogP contribution in [0.25, 0.3) is 0 Å². The minimum atomic E-state index is -0.781. The van der Waals surface area contributed by atoms with Crippen LogP contribution in [0.1, 0.15) is 44.9 Å². The predicted molar refractivity (Wildman–Crippen MR) is 157 cm³/mol. The number of nitrogens with one attached hydrogen (secondary N) is 2. The minimum Gasteiger partial charge on any atom is -0.448 e. The van der Waals surface area contributed by atoms with Crippen molar-refractivity contribution in [1.82, 2.24) is 30.9 Å². The summed E-state index contributed by atoms with van der Waals surface area (Å²) < 4.78 is 11.4. The maximum Gasteiger partial charge on any atom is 0.428 e. The van der Waals surface area contributed by atoms with Crippen molar-refractivity contribution < 1.29 is 23.9 Å². The molecule has 3 heterocycles. The van der Waals surface area contributed by atoms with Gasteiger partial charge in [0.25, 0.3) is 5.91 Å². The number of aromatic amines is 1. The number of ether oxygens (including phenoxy) is 2. The summed E-state index contributed by atoms with van der Waals surface area (Å²) in [6.45, 7) is 7.08. The third-order valence-electron chi connectivity index (χ3n) is 6.24. The van der Waals surface area contributed by atoms with Crippen LogP contribution in [0.15, 0.2) is 82.2 Å². The standard InChI is InChI=1S/C28H29N7O5S2/c1-16(42-26-30-33-34-31-26)19-15-41-24-20(29-32-27(38)40-28(2,3)4)23(36)35(24)21(19)25(37)39-22(17-11-7-5-8-12-17)18-13-9-6-10-14-18/h5-14,16,22,24H,15H2,1-4H3,(H,32,38)(H,30,31,33,34)/b29-20+/t16?,24-/m1/s1. The van der Waals surface area contributed by atoms with E-state index in [4.69, 9.17) is 9.47 Å². The third-order valence-corrected chi connectivity index (χ3v) is 8.49. The molecule has 5 rings (SSSR count). The average molecular weight is 608 g/mol. The second kappa shape index (κ2) is 12.4. The van der Waals surface area contributed by atoms with Gasteiger partial charge in [-0.1, -0.05) is 72.4 Å². The molecule has 0 saturated carbocycles. The first-order valence-electron chi connectivity index (χ1n) is 13.1. The van der Waals surface area contributed by atoms with E-state index in [0.29, 0.717) is 16.5 Å². The SMILES string of the molecule is CC(Sc1nn[nH]n1)C1=C(C(=O)OC(c2ccccc2)c2ccccc2)N2C(=O)/C(=N\NC(=O)OC(C)(C)C)[C@H]2SC1. The summed E-state index contributed by atoms with van der Waals surface area (Å²) in [5, 5.41) is 17.6. The molecule has 2 amide bonds. The van der Waals surface area contributed by atoms with Gasteiger partial charge in [0.15, 0.2) is 11.8 Å². The molecule has 12 nitrogen and oxygen atoms in total. The van der Waals surface area contributed by atoms with E-state index in [-0.39, 0.29) is 16.7 Å². The summed E-state index contributed by atoms with van der Waals surface area (Å²) in [4.78, 5) is 41.0. The molecular weight excluding hydrogens is 578 g/mol. The van der Waals surface area contributed by atoms with Gasteiger partial charge in [-0.15, -0.1) is 22.0 Å². The number of β-lactam (4-membered cyclic amide) rings is 1. The first kappa shape index (κ1) is 29.3. The van der Waals surface area contributed by atoms with Crippen molar-refractivity contribution in [3.63, 3.8) is 0 Å². The van der Waals surface area contributed by atoms with E-state index in [1.807, 2.05) is 67.6 Å². The summed E-state index contributed by atoms with van der Waals surface area (Å²) in [5.41, 5.74) is 4.07. The molecule has 2 N–H and O–H groups in total. The van der Waals surface area contributed by atoms with Crippen molar-refractivity contribution in [2.45, 2.75) is 55.2 Å². The van der Waals surface area contributed by atoms with Crippen molar-refractivity contribution in [2.24, 2.45) is 5.10 Å². The number of rotatable bonds is 8. The zero-order chi connectivity index (χ0) is 29.9. The van der Waals surface area contributed by atoms with Gasteiger partial charge in [-0.25, -0.2) is 15.0 Å². The molecular formula is C28H29N7O5S2. The molecule has 1 unspecified atom stereocenters. The van der Waals surface area contributed by atoms with Crippen LogP contribution in [0.2, 0.25) is 0 Å². The van der Waals surface area contributed by atoms with Gasteiger partial charge >= 0.3 is 12.1 Å². The van der Waals surface area contributed by atoms with E-state index in [0.717, 1.165) is 11.1 Å². The molecule has 0 bridgehead atoms. The summed E-state index contributed by atoms with van der Waals surface area (Å²) in [5.74, 6) is -0.765. The van der Waals surface area contributed by atoms with Gasteiger partial charge in [-0.2, -0.15) is 10.3 Å². The lowest BCUT2D eigenvalue weighted by Gasteiger charge is -2.45. The molecule has 14 heteroatoms. The number of esters is 1. The van der Waals surface area contributed by atoms with Gasteiger partial charge in [0, 0.05) is 11.0 Å². The molecule has 2 aliphatic heterocycles. The van der Waals surface area contributed by atoms with Crippen LogP contribution < -0.4 is 5.43 Å². The minimum absolute atomic E-state index is 0.108. The molecule has 0 spiro atoms. The second-order valence-electron chi connectivity index (χ2n) is 10.4. The number of nitrogens with zero attached hydrogens (tertiary/aromatic N) is 5. The molecule has 1 saturated heterocycles. The van der Waals surface area contributed by atoms with Crippen molar-refractivity contribution in [2.75, 3.05) is 5.75 Å². The van der Waals surface area contributed by atoms with Crippen LogP contribution >= 0.6 is 23.5 Å². The predicted octanol–water partition coefficient (Wildman–Crippen LogP) is 4.06. The lowest BCUT2D eigenvalue weighted by atomic mass is 10.0. The fraction of sp³-hybridized carbons (Fsp3) is 0.321. The van der Waals surface area contributed by atoms with Crippen LogP contribution in [0.4, 0.5) is 4.79 Å². The quantitative estimate of drug-likeness (QED) is 0.166. The summed E-state index contributed by atoms with van der Waals surface area (Å²) in [6.07, 6.45) is -1.49. The Morgan fingerprint density at radius 2 is 1.76 bits per heavy atom. The van der Waals surface area contributed by atoms with Gasteiger partial charge in [0.2, 0.25) is 5.16 Å². The van der Waals surface area contributed by atoms with Crippen molar-refractivity contribution in [3.8, 4) is 0 Å². The highest BCUT2D eigenvalue weighted by atomic mass is 32.2. The maximum absolute atomic E-state index is 14.1. The number of fused-ring (bicyclic) bond motifs is 1. The highest BCUT2D eigenvalue weighted by Crippen LogP contribution is 2.43. The van der Waals surface area contributed by atoms with Gasteiger partial charge in [0.05, 0.1) is 0 Å². The first-order chi connectivity index (χ1) is 20.1. The molecule has 0 radical (unpaired) electrons. The molecule has 2 atom stereocenters. The third kappa shape index (κ3) is 6.49. The van der Waals surface area contributed by atoms with E-state index in [9.17, 15) is 14.4 Å². The van der Waals surface area contributed by atoms with E-state index in [1.54, 1.807) is 20.8 Å². The fourth-order valence-corrected chi connectivity index (χ4v) is 6.71. The Kier molecular flexibility index (Phi) is 8.64. The largest absolute Gasteiger partial charge is 0.448 e. The Morgan fingerprint density at radius 3 is 2.33 bits per heavy atom. The van der Waals surface area contributed by atoms with E-state index < -0.39 is 35.0 Å². The number of hydrogen-bond acceptors (Lipinski definition) is 11. The lowest BCUT2D eigenvalue weighted by Crippen LogP contribution is -2.63. The molecule has 0 aliphatic carbocycles. The Labute approximate surface area is 250 Å². The Bertz CT molecular complexity index is 1470. The molecule has 2 aliphatic rings. The maximum atomic E-state index is 14.1. The molecule has 3 aromatic rings. The van der Waals surface area contributed by atoms with Gasteiger partial charge in [-0.05, 0) is 49.6 Å². The van der Waals surface area contributed by atoms with Crippen molar-refractivity contribution in [3.05, 3.63) is 83.1 Å². The van der Waals surface area contributed by atoms with Crippen LogP contribution in [0.5, 0.6) is 0 Å². The summed E-state index contributed by atoms with van der Waals surface area (Å²) in [6, 6.07) is 18.8. The second-order valence-corrected chi connectivity index (χ2v) is 12.8. The van der Waals surface area contributed by atoms with Gasteiger partial charge in [-0.3, -0.25) is 9.69 Å². The number of hydrogen-bond donors (Lipinski definition) is 2. The van der Waals surface area contributed by atoms with Crippen molar-refractivity contribution >= 4 is 47.2 Å². The number of carbonyl (C=O) groups excluding carboxylic acids is 3. The average Bonchev–Trinajstić information content (AvgIpc) is 3.48. The normalized spacial score (nSPS) is 18.4. The van der Waals surface area contributed by atoms with E-state index in [2.05, 4.69) is 31.2 Å². The number of thioether (sulfide) groups is 2. The fourth-order valence-electron chi connectivity index (χ4n) is 4.38. The molecule has 2 aromatic carbocycles. The molecule has 218 valence electrons. The molecule has 42 heavy (non-hydrogen) atoms. The van der Waals surface area contributed by atoms with Crippen LogP contribution in [-0.4, -0.2) is 71.2 Å². The highest BCUT2D eigenvalue weighted by Gasteiger charge is 2.52. The Morgan fingerprint density at radius 1 is 1.12 bits per heavy atom. The van der Waals surface area contributed by atoms with Gasteiger partial charge in [0.1, 0.15) is 16.7 Å². The lowest BCUT2D eigenvalue weighted by molar-refractivity contribution is -0.147.